The molecule has 0 unspecified atom stereocenters. The van der Waals surface area contributed by atoms with Gasteiger partial charge in [-0.05, 0) is 48.0 Å². The highest BCUT2D eigenvalue weighted by Gasteiger charge is 2.16. The molecule has 0 bridgehead atoms. The lowest BCUT2D eigenvalue weighted by atomic mass is 10.2. The van der Waals surface area contributed by atoms with Crippen LogP contribution in [0.4, 0.5) is 5.69 Å². The number of aryl methyl sites for hydroxylation is 1. The number of phenols is 1. The highest BCUT2D eigenvalue weighted by molar-refractivity contribution is 9.10. The largest absolute Gasteiger partial charge is 0.508 e. The summed E-state index contributed by atoms with van der Waals surface area (Å²) in [6.07, 6.45) is 0. The number of rotatable bonds is 3. The van der Waals surface area contributed by atoms with Crippen molar-refractivity contribution in [2.75, 3.05) is 0 Å². The quantitative estimate of drug-likeness (QED) is 0.662. The topological polar surface area (TPSA) is 72.6 Å². The van der Waals surface area contributed by atoms with Crippen LogP contribution in [0.3, 0.4) is 0 Å². The standard InChI is InChI=1S/C14H12BrNO4/c1-8-6-14(10(15)7-11(8)16(18)19)20-13-5-3-4-12(17)9(13)2/h3-7,17H,1-2H3. The zero-order valence-electron chi connectivity index (χ0n) is 10.9. The van der Waals surface area contributed by atoms with Crippen LogP contribution in [0.5, 0.6) is 17.2 Å². The number of halogens is 1. The summed E-state index contributed by atoms with van der Waals surface area (Å²) in [6, 6.07) is 7.95. The number of phenolic OH excluding ortho intramolecular Hbond substituents is 1. The second kappa shape index (κ2) is 5.50. The van der Waals surface area contributed by atoms with E-state index in [-0.39, 0.29) is 11.4 Å². The summed E-state index contributed by atoms with van der Waals surface area (Å²) in [4.78, 5) is 10.4. The lowest BCUT2D eigenvalue weighted by Crippen LogP contribution is -1.94. The van der Waals surface area contributed by atoms with Crippen LogP contribution in [0.2, 0.25) is 0 Å². The first-order valence-corrected chi connectivity index (χ1v) is 6.60. The molecule has 0 atom stereocenters. The Hall–Kier alpha value is -2.08. The van der Waals surface area contributed by atoms with E-state index in [1.54, 1.807) is 38.1 Å². The van der Waals surface area contributed by atoms with E-state index in [0.29, 0.717) is 27.1 Å². The number of benzene rings is 2. The first-order chi connectivity index (χ1) is 9.40. The second-order valence-electron chi connectivity index (χ2n) is 4.33. The van der Waals surface area contributed by atoms with Gasteiger partial charge in [-0.25, -0.2) is 0 Å². The van der Waals surface area contributed by atoms with E-state index in [4.69, 9.17) is 4.74 Å². The molecule has 0 heterocycles. The van der Waals surface area contributed by atoms with Gasteiger partial charge < -0.3 is 9.84 Å². The van der Waals surface area contributed by atoms with Crippen LogP contribution in [-0.2, 0) is 0 Å². The van der Waals surface area contributed by atoms with Crippen molar-refractivity contribution in [3.8, 4) is 17.2 Å². The molecular formula is C14H12BrNO4. The van der Waals surface area contributed by atoms with Gasteiger partial charge in [-0.3, -0.25) is 10.1 Å². The summed E-state index contributed by atoms with van der Waals surface area (Å²) < 4.78 is 6.19. The van der Waals surface area contributed by atoms with Crippen LogP contribution < -0.4 is 4.74 Å². The fourth-order valence-electron chi connectivity index (χ4n) is 1.75. The predicted octanol–water partition coefficient (Wildman–Crippen LogP) is 4.47. The number of aromatic hydroxyl groups is 1. The normalized spacial score (nSPS) is 10.3. The van der Waals surface area contributed by atoms with Gasteiger partial charge in [0.05, 0.1) is 9.40 Å². The number of nitrogens with zero attached hydrogens (tertiary/aromatic N) is 1. The molecule has 0 spiro atoms. The van der Waals surface area contributed by atoms with E-state index in [1.165, 1.54) is 6.07 Å². The Morgan fingerprint density at radius 2 is 1.95 bits per heavy atom. The van der Waals surface area contributed by atoms with Crippen molar-refractivity contribution < 1.29 is 14.8 Å². The molecule has 104 valence electrons. The smallest absolute Gasteiger partial charge is 0.273 e. The Morgan fingerprint density at radius 3 is 2.60 bits per heavy atom. The van der Waals surface area contributed by atoms with Crippen LogP contribution in [0.15, 0.2) is 34.8 Å². The van der Waals surface area contributed by atoms with Gasteiger partial charge in [0.2, 0.25) is 0 Å². The van der Waals surface area contributed by atoms with Gasteiger partial charge in [0.15, 0.2) is 0 Å². The molecule has 2 rings (SSSR count). The minimum atomic E-state index is -0.441. The fourth-order valence-corrected chi connectivity index (χ4v) is 2.16. The van der Waals surface area contributed by atoms with Crippen LogP contribution >= 0.6 is 15.9 Å². The van der Waals surface area contributed by atoms with Crippen LogP contribution in [-0.4, -0.2) is 10.0 Å². The zero-order chi connectivity index (χ0) is 14.9. The van der Waals surface area contributed by atoms with Crippen molar-refractivity contribution in [1.29, 1.82) is 0 Å². The van der Waals surface area contributed by atoms with Gasteiger partial charge in [0, 0.05) is 17.2 Å². The van der Waals surface area contributed by atoms with Crippen molar-refractivity contribution in [3.63, 3.8) is 0 Å². The van der Waals surface area contributed by atoms with Crippen LogP contribution in [0.25, 0.3) is 0 Å². The summed E-state index contributed by atoms with van der Waals surface area (Å²) in [5, 5.41) is 20.5. The highest BCUT2D eigenvalue weighted by Crippen LogP contribution is 2.37. The molecule has 0 aliphatic rings. The van der Waals surface area contributed by atoms with Gasteiger partial charge >= 0.3 is 0 Å². The maximum atomic E-state index is 10.9. The molecule has 6 heteroatoms. The Balaban J connectivity index is 2.42. The summed E-state index contributed by atoms with van der Waals surface area (Å²) in [7, 11) is 0. The molecule has 2 aromatic rings. The first kappa shape index (κ1) is 14.3. The molecule has 0 aliphatic heterocycles. The van der Waals surface area contributed by atoms with Crippen LogP contribution in [0.1, 0.15) is 11.1 Å². The van der Waals surface area contributed by atoms with Crippen molar-refractivity contribution in [2.24, 2.45) is 0 Å². The van der Waals surface area contributed by atoms with Crippen LogP contribution in [0, 0.1) is 24.0 Å². The number of nitro benzene ring substituents is 1. The van der Waals surface area contributed by atoms with Gasteiger partial charge in [-0.15, -0.1) is 0 Å². The molecule has 2 aromatic carbocycles. The number of ether oxygens (including phenoxy) is 1. The molecule has 5 nitrogen and oxygen atoms in total. The third kappa shape index (κ3) is 2.75. The van der Waals surface area contributed by atoms with Crippen molar-refractivity contribution >= 4 is 21.6 Å². The number of hydrogen-bond acceptors (Lipinski definition) is 4. The SMILES string of the molecule is Cc1cc(Oc2cccc(O)c2C)c(Br)cc1[N+](=O)[O-]. The van der Waals surface area contributed by atoms with E-state index in [2.05, 4.69) is 15.9 Å². The van der Waals surface area contributed by atoms with E-state index >= 15 is 0 Å². The van der Waals surface area contributed by atoms with Gasteiger partial charge in [-0.2, -0.15) is 0 Å². The maximum absolute atomic E-state index is 10.9. The third-order valence-corrected chi connectivity index (χ3v) is 3.54. The monoisotopic (exact) mass is 337 g/mol. The molecular weight excluding hydrogens is 326 g/mol. The molecule has 0 aromatic heterocycles. The summed E-state index contributed by atoms with van der Waals surface area (Å²) in [5.74, 6) is 1.10. The average Bonchev–Trinajstić information content (AvgIpc) is 2.38. The predicted molar refractivity (Wildman–Crippen MR) is 78.5 cm³/mol. The molecule has 0 amide bonds. The minimum absolute atomic E-state index is 0.0249. The third-order valence-electron chi connectivity index (χ3n) is 2.92. The fraction of sp³-hybridized carbons (Fsp3) is 0.143. The molecule has 0 saturated carbocycles. The van der Waals surface area contributed by atoms with E-state index < -0.39 is 4.92 Å². The van der Waals surface area contributed by atoms with Gasteiger partial charge in [0.1, 0.15) is 17.2 Å². The molecule has 20 heavy (non-hydrogen) atoms. The molecule has 0 aliphatic carbocycles. The van der Waals surface area contributed by atoms with Crippen molar-refractivity contribution in [1.82, 2.24) is 0 Å². The zero-order valence-corrected chi connectivity index (χ0v) is 12.5. The molecule has 0 fully saturated rings. The summed E-state index contributed by atoms with van der Waals surface area (Å²) in [6.45, 7) is 3.38. The maximum Gasteiger partial charge on any atom is 0.273 e. The molecule has 0 saturated heterocycles. The molecule has 0 radical (unpaired) electrons. The van der Waals surface area contributed by atoms with E-state index in [1.807, 2.05) is 0 Å². The minimum Gasteiger partial charge on any atom is -0.508 e. The van der Waals surface area contributed by atoms with E-state index in [0.717, 1.165) is 0 Å². The lowest BCUT2D eigenvalue weighted by molar-refractivity contribution is -0.385. The Bertz CT molecular complexity index is 685. The summed E-state index contributed by atoms with van der Waals surface area (Å²) in [5.41, 5.74) is 1.14. The van der Waals surface area contributed by atoms with Crippen molar-refractivity contribution in [3.05, 3.63) is 56.0 Å². The second-order valence-corrected chi connectivity index (χ2v) is 5.18. The Labute approximate surface area is 124 Å². The van der Waals surface area contributed by atoms with E-state index in [9.17, 15) is 15.2 Å². The number of hydrogen-bond donors (Lipinski definition) is 1. The first-order valence-electron chi connectivity index (χ1n) is 5.81. The summed E-state index contributed by atoms with van der Waals surface area (Å²) >= 11 is 3.26. The van der Waals surface area contributed by atoms with Crippen molar-refractivity contribution in [2.45, 2.75) is 13.8 Å². The van der Waals surface area contributed by atoms with Gasteiger partial charge in [0.25, 0.3) is 5.69 Å². The van der Waals surface area contributed by atoms with Gasteiger partial charge in [-0.1, -0.05) is 6.07 Å². The number of nitro groups is 1. The Morgan fingerprint density at radius 1 is 1.25 bits per heavy atom. The Kier molecular flexibility index (Phi) is 3.94. The highest BCUT2D eigenvalue weighted by atomic mass is 79.9. The molecule has 1 N–H and O–H groups in total. The lowest BCUT2D eigenvalue weighted by Gasteiger charge is -2.12. The average molecular weight is 338 g/mol.